The molecule has 0 aliphatic rings. The first-order valence-corrected chi connectivity index (χ1v) is 5.95. The predicted molar refractivity (Wildman–Crippen MR) is 73.6 cm³/mol. The Morgan fingerprint density at radius 2 is 1.90 bits per heavy atom. The summed E-state index contributed by atoms with van der Waals surface area (Å²) in [5, 5.41) is 11.0. The van der Waals surface area contributed by atoms with Gasteiger partial charge >= 0.3 is 5.97 Å². The predicted octanol–water partition coefficient (Wildman–Crippen LogP) is 0.453. The summed E-state index contributed by atoms with van der Waals surface area (Å²) in [7, 11) is 0. The third kappa shape index (κ3) is 5.34. The van der Waals surface area contributed by atoms with Crippen LogP contribution in [0.15, 0.2) is 30.3 Å². The molecule has 6 heteroatoms. The van der Waals surface area contributed by atoms with Gasteiger partial charge in [0.1, 0.15) is 6.04 Å². The van der Waals surface area contributed by atoms with E-state index in [2.05, 4.69) is 5.32 Å². The standard InChI is InChI=1S/C14H16N2O4/c1-9-2-4-10(5-3-9)6-7-13(18)16-11(14(19)20)8-12(15)17/h2-7,11H,8H2,1H3,(H2,15,17)(H,16,18)(H,19,20)/t11-/m0/s1. The van der Waals surface area contributed by atoms with Gasteiger partial charge in [-0.3, -0.25) is 9.59 Å². The molecule has 0 heterocycles. The highest BCUT2D eigenvalue weighted by atomic mass is 16.4. The first-order valence-electron chi connectivity index (χ1n) is 5.95. The van der Waals surface area contributed by atoms with Crippen molar-refractivity contribution in [1.29, 1.82) is 0 Å². The maximum absolute atomic E-state index is 11.6. The normalized spacial score (nSPS) is 12.1. The molecule has 2 amide bonds. The maximum Gasteiger partial charge on any atom is 0.326 e. The summed E-state index contributed by atoms with van der Waals surface area (Å²) in [6.45, 7) is 1.95. The number of carbonyl (C=O) groups excluding carboxylic acids is 2. The molecule has 6 nitrogen and oxygen atoms in total. The Morgan fingerprint density at radius 1 is 1.30 bits per heavy atom. The van der Waals surface area contributed by atoms with E-state index in [9.17, 15) is 14.4 Å². The van der Waals surface area contributed by atoms with Gasteiger partial charge in [-0.05, 0) is 18.6 Å². The number of amides is 2. The zero-order valence-electron chi connectivity index (χ0n) is 11.0. The Kier molecular flexibility index (Phi) is 5.46. The monoisotopic (exact) mass is 276 g/mol. The lowest BCUT2D eigenvalue weighted by molar-refractivity contribution is -0.142. The van der Waals surface area contributed by atoms with Gasteiger partial charge in [0.05, 0.1) is 6.42 Å². The molecule has 20 heavy (non-hydrogen) atoms. The van der Waals surface area contributed by atoms with Crippen molar-refractivity contribution in [1.82, 2.24) is 5.32 Å². The van der Waals surface area contributed by atoms with Crippen molar-refractivity contribution in [3.05, 3.63) is 41.5 Å². The number of nitrogens with two attached hydrogens (primary N) is 1. The third-order valence-electron chi connectivity index (χ3n) is 2.52. The number of nitrogens with one attached hydrogen (secondary N) is 1. The van der Waals surface area contributed by atoms with E-state index < -0.39 is 30.2 Å². The second-order valence-corrected chi connectivity index (χ2v) is 4.31. The molecule has 1 rings (SSSR count). The fourth-order valence-electron chi connectivity index (χ4n) is 1.47. The van der Waals surface area contributed by atoms with Crippen molar-refractivity contribution in [3.8, 4) is 0 Å². The van der Waals surface area contributed by atoms with Crippen molar-refractivity contribution in [3.63, 3.8) is 0 Å². The van der Waals surface area contributed by atoms with Crippen LogP contribution < -0.4 is 11.1 Å². The molecule has 0 aliphatic heterocycles. The highest BCUT2D eigenvalue weighted by Crippen LogP contribution is 2.04. The SMILES string of the molecule is Cc1ccc(C=CC(=O)N[C@@H](CC(N)=O)C(=O)O)cc1. The van der Waals surface area contributed by atoms with Gasteiger partial charge in [0.25, 0.3) is 0 Å². The van der Waals surface area contributed by atoms with Crippen LogP contribution in [0.2, 0.25) is 0 Å². The van der Waals surface area contributed by atoms with Gasteiger partial charge in [-0.25, -0.2) is 4.79 Å². The van der Waals surface area contributed by atoms with Crippen LogP contribution >= 0.6 is 0 Å². The van der Waals surface area contributed by atoms with Gasteiger partial charge < -0.3 is 16.2 Å². The van der Waals surface area contributed by atoms with E-state index in [1.54, 1.807) is 6.08 Å². The summed E-state index contributed by atoms with van der Waals surface area (Å²) >= 11 is 0. The highest BCUT2D eigenvalue weighted by Gasteiger charge is 2.20. The first-order chi connectivity index (χ1) is 9.38. The van der Waals surface area contributed by atoms with Crippen LogP contribution in [0.25, 0.3) is 6.08 Å². The number of carboxylic acid groups (broad SMARTS) is 1. The molecule has 4 N–H and O–H groups in total. The number of rotatable bonds is 6. The van der Waals surface area contributed by atoms with Crippen LogP contribution in [0, 0.1) is 6.92 Å². The topological polar surface area (TPSA) is 109 Å². The smallest absolute Gasteiger partial charge is 0.326 e. The van der Waals surface area contributed by atoms with Crippen LogP contribution in [0.4, 0.5) is 0 Å². The van der Waals surface area contributed by atoms with Crippen molar-refractivity contribution in [2.45, 2.75) is 19.4 Å². The first kappa shape index (κ1) is 15.4. The average molecular weight is 276 g/mol. The molecule has 0 fully saturated rings. The summed E-state index contributed by atoms with van der Waals surface area (Å²) in [5.41, 5.74) is 6.82. The van der Waals surface area contributed by atoms with Crippen molar-refractivity contribution in [2.24, 2.45) is 5.73 Å². The van der Waals surface area contributed by atoms with E-state index >= 15 is 0 Å². The minimum atomic E-state index is -1.32. The Hall–Kier alpha value is -2.63. The molecule has 0 radical (unpaired) electrons. The fraction of sp³-hybridized carbons (Fsp3) is 0.214. The molecule has 1 aromatic rings. The van der Waals surface area contributed by atoms with Gasteiger partial charge in [-0.1, -0.05) is 29.8 Å². The number of benzene rings is 1. The molecule has 0 bridgehead atoms. The van der Waals surface area contributed by atoms with E-state index in [1.807, 2.05) is 31.2 Å². The van der Waals surface area contributed by atoms with Crippen LogP contribution in [-0.4, -0.2) is 28.9 Å². The molecule has 0 saturated heterocycles. The quantitative estimate of drug-likeness (QED) is 0.655. The van der Waals surface area contributed by atoms with E-state index in [-0.39, 0.29) is 0 Å². The summed E-state index contributed by atoms with van der Waals surface area (Å²) in [6, 6.07) is 6.13. The van der Waals surface area contributed by atoms with Crippen molar-refractivity contribution in [2.75, 3.05) is 0 Å². The van der Waals surface area contributed by atoms with Gasteiger partial charge in [0.15, 0.2) is 0 Å². The Bertz CT molecular complexity index is 535. The number of carbonyl (C=O) groups is 3. The Morgan fingerprint density at radius 3 is 2.40 bits per heavy atom. The molecule has 0 spiro atoms. The third-order valence-corrected chi connectivity index (χ3v) is 2.52. The van der Waals surface area contributed by atoms with Crippen LogP contribution in [0.1, 0.15) is 17.5 Å². The zero-order valence-corrected chi connectivity index (χ0v) is 11.0. The van der Waals surface area contributed by atoms with Gasteiger partial charge in [0.2, 0.25) is 11.8 Å². The summed E-state index contributed by atoms with van der Waals surface area (Å²) in [4.78, 5) is 33.1. The van der Waals surface area contributed by atoms with Gasteiger partial charge in [-0.2, -0.15) is 0 Å². The van der Waals surface area contributed by atoms with Crippen molar-refractivity contribution < 1.29 is 19.5 Å². The second kappa shape index (κ2) is 7.08. The van der Waals surface area contributed by atoms with E-state index in [0.717, 1.165) is 11.1 Å². The van der Waals surface area contributed by atoms with Crippen molar-refractivity contribution >= 4 is 23.9 Å². The highest BCUT2D eigenvalue weighted by molar-refractivity contribution is 5.95. The minimum Gasteiger partial charge on any atom is -0.480 e. The Labute approximate surface area is 116 Å². The maximum atomic E-state index is 11.6. The lowest BCUT2D eigenvalue weighted by Crippen LogP contribution is -2.42. The zero-order chi connectivity index (χ0) is 15.1. The number of hydrogen-bond acceptors (Lipinski definition) is 3. The van der Waals surface area contributed by atoms with Gasteiger partial charge in [-0.15, -0.1) is 0 Å². The molecule has 106 valence electrons. The second-order valence-electron chi connectivity index (χ2n) is 4.31. The van der Waals surface area contributed by atoms with E-state index in [0.29, 0.717) is 0 Å². The number of aryl methyl sites for hydroxylation is 1. The average Bonchev–Trinajstić information content (AvgIpc) is 2.36. The summed E-state index contributed by atoms with van der Waals surface area (Å²) < 4.78 is 0. The molecule has 1 aromatic carbocycles. The Balaban J connectivity index is 2.63. The lowest BCUT2D eigenvalue weighted by Gasteiger charge is -2.10. The molecular formula is C14H16N2O4. The lowest BCUT2D eigenvalue weighted by atomic mass is 10.1. The van der Waals surface area contributed by atoms with Crippen LogP contribution in [-0.2, 0) is 14.4 Å². The molecule has 0 saturated carbocycles. The van der Waals surface area contributed by atoms with E-state index in [4.69, 9.17) is 10.8 Å². The minimum absolute atomic E-state index is 0.445. The molecule has 0 aromatic heterocycles. The number of aliphatic carboxylic acids is 1. The molecular weight excluding hydrogens is 260 g/mol. The molecule has 0 unspecified atom stereocenters. The molecule has 1 atom stereocenters. The summed E-state index contributed by atoms with van der Waals surface area (Å²) in [5.74, 6) is -2.69. The largest absolute Gasteiger partial charge is 0.480 e. The van der Waals surface area contributed by atoms with E-state index in [1.165, 1.54) is 6.08 Å². The fourth-order valence-corrected chi connectivity index (χ4v) is 1.47. The van der Waals surface area contributed by atoms with Gasteiger partial charge in [0, 0.05) is 6.08 Å². The number of carboxylic acids is 1. The summed E-state index contributed by atoms with van der Waals surface area (Å²) in [6.07, 6.45) is 2.32. The number of primary amides is 1. The number of hydrogen-bond donors (Lipinski definition) is 3. The van der Waals surface area contributed by atoms with Crippen LogP contribution in [0.3, 0.4) is 0 Å². The van der Waals surface area contributed by atoms with Crippen LogP contribution in [0.5, 0.6) is 0 Å². The molecule has 0 aliphatic carbocycles.